The summed E-state index contributed by atoms with van der Waals surface area (Å²) in [5.74, 6) is 0.997. The quantitative estimate of drug-likeness (QED) is 0.556. The molecule has 0 aromatic heterocycles. The van der Waals surface area contributed by atoms with Crippen LogP contribution in [0, 0.1) is 0 Å². The molecule has 0 spiro atoms. The Bertz CT molecular complexity index is 112. The molecule has 0 radical (unpaired) electrons. The summed E-state index contributed by atoms with van der Waals surface area (Å²) in [6, 6.07) is 0. The van der Waals surface area contributed by atoms with Crippen molar-refractivity contribution < 1.29 is 4.84 Å². The Balaban J connectivity index is 2.11. The van der Waals surface area contributed by atoms with Crippen LogP contribution in [-0.4, -0.2) is 19.0 Å². The van der Waals surface area contributed by atoms with E-state index in [0.717, 1.165) is 25.2 Å². The summed E-state index contributed by atoms with van der Waals surface area (Å²) in [6.07, 6.45) is 2.20. The van der Waals surface area contributed by atoms with E-state index in [9.17, 15) is 0 Å². The second-order valence-corrected chi connectivity index (χ2v) is 1.97. The average molecular weight is 128 g/mol. The highest BCUT2D eigenvalue weighted by atomic mass is 16.6. The molecular formula is C6H12N2O. The van der Waals surface area contributed by atoms with Crippen molar-refractivity contribution >= 4 is 5.84 Å². The Morgan fingerprint density at radius 3 is 3.22 bits per heavy atom. The van der Waals surface area contributed by atoms with Gasteiger partial charge in [0.1, 0.15) is 5.84 Å². The minimum atomic E-state index is 0.693. The van der Waals surface area contributed by atoms with Crippen LogP contribution in [0.3, 0.4) is 0 Å². The first kappa shape index (κ1) is 6.55. The van der Waals surface area contributed by atoms with Gasteiger partial charge in [0.15, 0.2) is 0 Å². The summed E-state index contributed by atoms with van der Waals surface area (Å²) in [4.78, 5) is 9.09. The molecule has 0 unspecified atom stereocenters. The lowest BCUT2D eigenvalue weighted by Gasteiger charge is -2.01. The van der Waals surface area contributed by atoms with Crippen LogP contribution in [-0.2, 0) is 4.84 Å². The van der Waals surface area contributed by atoms with Crippen molar-refractivity contribution in [3.63, 3.8) is 0 Å². The zero-order chi connectivity index (χ0) is 6.53. The molecule has 0 fully saturated rings. The van der Waals surface area contributed by atoms with Gasteiger partial charge in [0.05, 0.1) is 6.61 Å². The summed E-state index contributed by atoms with van der Waals surface area (Å²) in [5, 5.41) is 0. The maximum atomic E-state index is 4.94. The highest BCUT2D eigenvalue weighted by Gasteiger charge is 2.03. The van der Waals surface area contributed by atoms with Crippen LogP contribution in [0.4, 0.5) is 0 Å². The normalized spacial score (nSPS) is 17.7. The van der Waals surface area contributed by atoms with Crippen molar-refractivity contribution in [3.8, 4) is 0 Å². The molecule has 0 amide bonds. The third-order valence-corrected chi connectivity index (χ3v) is 1.21. The molecule has 0 saturated heterocycles. The van der Waals surface area contributed by atoms with Gasteiger partial charge in [0, 0.05) is 13.0 Å². The molecule has 1 rings (SSSR count). The molecule has 1 N–H and O–H groups in total. The third-order valence-electron chi connectivity index (χ3n) is 1.21. The SMILES string of the molecule is CCONC1=NCCC1. The van der Waals surface area contributed by atoms with E-state index in [1.807, 2.05) is 6.92 Å². The molecule has 0 aromatic rings. The van der Waals surface area contributed by atoms with Crippen LogP contribution in [0.1, 0.15) is 19.8 Å². The summed E-state index contributed by atoms with van der Waals surface area (Å²) in [7, 11) is 0. The number of rotatable bonds is 2. The van der Waals surface area contributed by atoms with E-state index < -0.39 is 0 Å². The molecular weight excluding hydrogens is 116 g/mol. The van der Waals surface area contributed by atoms with E-state index in [2.05, 4.69) is 10.5 Å². The van der Waals surface area contributed by atoms with Crippen molar-refractivity contribution in [2.75, 3.05) is 13.2 Å². The Morgan fingerprint density at radius 1 is 1.78 bits per heavy atom. The largest absolute Gasteiger partial charge is 0.275 e. The number of nitrogens with one attached hydrogen (secondary N) is 1. The lowest BCUT2D eigenvalue weighted by Crippen LogP contribution is -2.21. The van der Waals surface area contributed by atoms with Crippen LogP contribution in [0.25, 0.3) is 0 Å². The Labute approximate surface area is 55.1 Å². The molecule has 1 aliphatic heterocycles. The molecule has 3 heteroatoms. The molecule has 0 atom stereocenters. The van der Waals surface area contributed by atoms with Crippen molar-refractivity contribution in [2.24, 2.45) is 4.99 Å². The van der Waals surface area contributed by atoms with Crippen molar-refractivity contribution in [1.82, 2.24) is 5.48 Å². The van der Waals surface area contributed by atoms with E-state index in [1.54, 1.807) is 0 Å². The monoisotopic (exact) mass is 128 g/mol. The minimum Gasteiger partial charge on any atom is -0.275 e. The average Bonchev–Trinajstić information content (AvgIpc) is 2.34. The van der Waals surface area contributed by atoms with Gasteiger partial charge in [0.25, 0.3) is 0 Å². The third kappa shape index (κ3) is 2.01. The summed E-state index contributed by atoms with van der Waals surface area (Å²) in [5.41, 5.74) is 2.78. The molecule has 0 saturated carbocycles. The molecule has 52 valence electrons. The lowest BCUT2D eigenvalue weighted by atomic mass is 10.3. The van der Waals surface area contributed by atoms with Crippen molar-refractivity contribution in [2.45, 2.75) is 19.8 Å². The second kappa shape index (κ2) is 3.45. The minimum absolute atomic E-state index is 0.693. The Hall–Kier alpha value is -0.570. The lowest BCUT2D eigenvalue weighted by molar-refractivity contribution is 0.0958. The Kier molecular flexibility index (Phi) is 2.51. The molecule has 9 heavy (non-hydrogen) atoms. The van der Waals surface area contributed by atoms with Gasteiger partial charge in [-0.3, -0.25) is 15.3 Å². The summed E-state index contributed by atoms with van der Waals surface area (Å²) in [6.45, 7) is 3.59. The zero-order valence-electron chi connectivity index (χ0n) is 5.68. The standard InChI is InChI=1S/C6H12N2O/c1-2-9-8-6-4-3-5-7-6/h2-5H2,1H3,(H,7,8). The van der Waals surface area contributed by atoms with Crippen LogP contribution in [0.15, 0.2) is 4.99 Å². The maximum absolute atomic E-state index is 4.94. The van der Waals surface area contributed by atoms with Crippen LogP contribution in [0.2, 0.25) is 0 Å². The van der Waals surface area contributed by atoms with Gasteiger partial charge in [-0.05, 0) is 13.3 Å². The molecule has 1 heterocycles. The van der Waals surface area contributed by atoms with E-state index in [0.29, 0.717) is 6.61 Å². The summed E-state index contributed by atoms with van der Waals surface area (Å²) >= 11 is 0. The Morgan fingerprint density at radius 2 is 2.67 bits per heavy atom. The second-order valence-electron chi connectivity index (χ2n) is 1.97. The highest BCUT2D eigenvalue weighted by molar-refractivity contribution is 5.82. The number of nitrogens with zero attached hydrogens (tertiary/aromatic N) is 1. The van der Waals surface area contributed by atoms with E-state index >= 15 is 0 Å². The van der Waals surface area contributed by atoms with Crippen molar-refractivity contribution in [1.29, 1.82) is 0 Å². The van der Waals surface area contributed by atoms with Gasteiger partial charge in [-0.2, -0.15) is 0 Å². The smallest absolute Gasteiger partial charge is 0.120 e. The first-order chi connectivity index (χ1) is 4.43. The summed E-state index contributed by atoms with van der Waals surface area (Å²) < 4.78 is 0. The molecule has 0 bridgehead atoms. The van der Waals surface area contributed by atoms with Gasteiger partial charge in [-0.25, -0.2) is 0 Å². The first-order valence-corrected chi connectivity index (χ1v) is 3.34. The fraction of sp³-hybridized carbons (Fsp3) is 0.833. The first-order valence-electron chi connectivity index (χ1n) is 3.34. The van der Waals surface area contributed by atoms with Crippen LogP contribution in [0.5, 0.6) is 0 Å². The van der Waals surface area contributed by atoms with E-state index in [1.165, 1.54) is 0 Å². The molecule has 3 nitrogen and oxygen atoms in total. The van der Waals surface area contributed by atoms with Gasteiger partial charge in [-0.15, -0.1) is 0 Å². The van der Waals surface area contributed by atoms with Gasteiger partial charge >= 0.3 is 0 Å². The predicted molar refractivity (Wildman–Crippen MR) is 36.3 cm³/mol. The predicted octanol–water partition coefficient (Wildman–Crippen LogP) is 0.720. The van der Waals surface area contributed by atoms with Gasteiger partial charge in [0.2, 0.25) is 0 Å². The molecule has 0 aliphatic carbocycles. The number of amidine groups is 1. The van der Waals surface area contributed by atoms with E-state index in [-0.39, 0.29) is 0 Å². The number of hydrogen-bond donors (Lipinski definition) is 1. The van der Waals surface area contributed by atoms with Crippen LogP contribution < -0.4 is 5.48 Å². The topological polar surface area (TPSA) is 33.6 Å². The van der Waals surface area contributed by atoms with Crippen molar-refractivity contribution in [3.05, 3.63) is 0 Å². The number of hydrogen-bond acceptors (Lipinski definition) is 3. The highest BCUT2D eigenvalue weighted by Crippen LogP contribution is 2.00. The van der Waals surface area contributed by atoms with Gasteiger partial charge in [-0.1, -0.05) is 0 Å². The fourth-order valence-corrected chi connectivity index (χ4v) is 0.778. The molecule has 0 aromatic carbocycles. The van der Waals surface area contributed by atoms with Crippen LogP contribution >= 0.6 is 0 Å². The maximum Gasteiger partial charge on any atom is 0.120 e. The van der Waals surface area contributed by atoms with E-state index in [4.69, 9.17) is 4.84 Å². The molecule has 1 aliphatic rings. The number of hydroxylamine groups is 1. The zero-order valence-corrected chi connectivity index (χ0v) is 5.68. The van der Waals surface area contributed by atoms with Gasteiger partial charge < -0.3 is 0 Å². The number of aliphatic imine (C=N–C) groups is 1. The fourth-order valence-electron chi connectivity index (χ4n) is 0.778.